The van der Waals surface area contributed by atoms with Crippen molar-refractivity contribution in [3.05, 3.63) is 0 Å². The topological polar surface area (TPSA) is 40.5 Å². The third-order valence-electron chi connectivity index (χ3n) is 5.14. The van der Waals surface area contributed by atoms with E-state index in [0.717, 1.165) is 38.8 Å². The van der Waals surface area contributed by atoms with Crippen LogP contribution in [0, 0.1) is 5.92 Å². The minimum atomic E-state index is -4.14. The maximum absolute atomic E-state index is 12.8. The van der Waals surface area contributed by atoms with Crippen molar-refractivity contribution in [3.8, 4) is 0 Å². The zero-order valence-corrected chi connectivity index (χ0v) is 12.3. The van der Waals surface area contributed by atoms with Crippen LogP contribution >= 0.6 is 0 Å². The molecular weight excluding hydrogens is 283 g/mol. The van der Waals surface area contributed by atoms with Gasteiger partial charge >= 0.3 is 12.1 Å². The first-order valence-electron chi connectivity index (χ1n) is 7.87. The first-order valence-corrected chi connectivity index (χ1v) is 7.87. The number of halogens is 3. The molecule has 0 bridgehead atoms. The van der Waals surface area contributed by atoms with Gasteiger partial charge in [-0.15, -0.1) is 0 Å². The Bertz CT molecular complexity index is 354. The molecule has 0 aromatic carbocycles. The molecule has 0 aromatic rings. The van der Waals surface area contributed by atoms with Crippen molar-refractivity contribution < 1.29 is 23.1 Å². The minimum Gasteiger partial charge on any atom is -0.481 e. The van der Waals surface area contributed by atoms with Gasteiger partial charge in [0.25, 0.3) is 0 Å². The van der Waals surface area contributed by atoms with E-state index in [4.69, 9.17) is 0 Å². The second-order valence-electron chi connectivity index (χ2n) is 6.51. The van der Waals surface area contributed by atoms with Gasteiger partial charge in [0.1, 0.15) is 0 Å². The number of hydrogen-bond acceptors (Lipinski definition) is 2. The Kier molecular flexibility index (Phi) is 5.17. The van der Waals surface area contributed by atoms with Crippen LogP contribution in [0.1, 0.15) is 57.8 Å². The summed E-state index contributed by atoms with van der Waals surface area (Å²) in [4.78, 5) is 13.4. The van der Waals surface area contributed by atoms with Crippen LogP contribution in [0.4, 0.5) is 13.2 Å². The summed E-state index contributed by atoms with van der Waals surface area (Å²) in [6, 6.07) is 0. The van der Waals surface area contributed by atoms with Crippen LogP contribution in [0.3, 0.4) is 0 Å². The number of hydrogen-bond donors (Lipinski definition) is 1. The number of aliphatic carboxylic acids is 1. The summed E-state index contributed by atoms with van der Waals surface area (Å²) >= 11 is 0. The highest BCUT2D eigenvalue weighted by molar-refractivity contribution is 5.68. The number of alkyl halides is 3. The van der Waals surface area contributed by atoms with Crippen LogP contribution in [0.5, 0.6) is 0 Å². The summed E-state index contributed by atoms with van der Waals surface area (Å²) in [6.45, 7) is 1.65. The molecule has 1 heterocycles. The summed E-state index contributed by atoms with van der Waals surface area (Å²) in [5, 5.41) is 9.21. The van der Waals surface area contributed by atoms with Crippen LogP contribution in [0.2, 0.25) is 0 Å². The van der Waals surface area contributed by atoms with Gasteiger partial charge in [-0.05, 0) is 51.6 Å². The van der Waals surface area contributed by atoms with Crippen molar-refractivity contribution in [2.75, 3.05) is 13.1 Å². The van der Waals surface area contributed by atoms with Gasteiger partial charge in [0.05, 0.1) is 12.3 Å². The van der Waals surface area contributed by atoms with Crippen molar-refractivity contribution in [3.63, 3.8) is 0 Å². The molecule has 122 valence electrons. The highest BCUT2D eigenvalue weighted by Gasteiger charge is 2.48. The quantitative estimate of drug-likeness (QED) is 0.861. The Morgan fingerprint density at radius 1 is 1.10 bits per heavy atom. The zero-order valence-electron chi connectivity index (χ0n) is 12.3. The standard InChI is InChI=1S/C15H24F3NO2/c16-15(17,18)12-5-7-14(8-6-12,11-13(20)21)19-9-3-1-2-4-10-19/h12H,1-11H2,(H,20,21). The van der Waals surface area contributed by atoms with E-state index < -0.39 is 23.6 Å². The summed E-state index contributed by atoms with van der Waals surface area (Å²) in [6.07, 6.45) is 0.947. The molecule has 1 saturated carbocycles. The molecule has 6 heteroatoms. The Morgan fingerprint density at radius 3 is 2.05 bits per heavy atom. The van der Waals surface area contributed by atoms with Gasteiger partial charge in [-0.2, -0.15) is 13.2 Å². The minimum absolute atomic E-state index is 0.0302. The molecule has 0 unspecified atom stereocenters. The Labute approximate surface area is 123 Å². The zero-order chi connectivity index (χ0) is 15.5. The smallest absolute Gasteiger partial charge is 0.391 e. The third-order valence-corrected chi connectivity index (χ3v) is 5.14. The van der Waals surface area contributed by atoms with Crippen LogP contribution in [-0.2, 0) is 4.79 Å². The number of likely N-dealkylation sites (tertiary alicyclic amines) is 1. The largest absolute Gasteiger partial charge is 0.481 e. The number of carboxylic acid groups (broad SMARTS) is 1. The molecule has 2 fully saturated rings. The lowest BCUT2D eigenvalue weighted by molar-refractivity contribution is -0.189. The average molecular weight is 307 g/mol. The molecular formula is C15H24F3NO2. The van der Waals surface area contributed by atoms with E-state index in [-0.39, 0.29) is 19.3 Å². The van der Waals surface area contributed by atoms with E-state index in [0.29, 0.717) is 12.8 Å². The molecule has 2 rings (SSSR count). The molecule has 0 amide bonds. The van der Waals surface area contributed by atoms with Crippen LogP contribution < -0.4 is 0 Å². The maximum Gasteiger partial charge on any atom is 0.391 e. The van der Waals surface area contributed by atoms with Crippen molar-refractivity contribution >= 4 is 5.97 Å². The number of carbonyl (C=O) groups is 1. The lowest BCUT2D eigenvalue weighted by Crippen LogP contribution is -2.53. The summed E-state index contributed by atoms with van der Waals surface area (Å²) in [7, 11) is 0. The molecule has 0 radical (unpaired) electrons. The fraction of sp³-hybridized carbons (Fsp3) is 0.933. The molecule has 1 aliphatic carbocycles. The van der Waals surface area contributed by atoms with E-state index >= 15 is 0 Å². The molecule has 2 aliphatic rings. The molecule has 1 aliphatic heterocycles. The SMILES string of the molecule is O=C(O)CC1(N2CCCCCC2)CCC(C(F)(F)F)CC1. The van der Waals surface area contributed by atoms with E-state index in [1.807, 2.05) is 0 Å². The molecule has 1 saturated heterocycles. The van der Waals surface area contributed by atoms with Gasteiger partial charge in [0.15, 0.2) is 0 Å². The third kappa shape index (κ3) is 4.11. The number of rotatable bonds is 3. The first kappa shape index (κ1) is 16.6. The Balaban J connectivity index is 2.10. The van der Waals surface area contributed by atoms with Crippen molar-refractivity contribution in [2.45, 2.75) is 69.5 Å². The summed E-state index contributed by atoms with van der Waals surface area (Å²) in [5.41, 5.74) is -0.558. The fourth-order valence-corrected chi connectivity index (χ4v) is 3.91. The molecule has 3 nitrogen and oxygen atoms in total. The highest BCUT2D eigenvalue weighted by Crippen LogP contribution is 2.45. The first-order chi connectivity index (χ1) is 9.83. The van der Waals surface area contributed by atoms with Crippen LogP contribution in [0.25, 0.3) is 0 Å². The second-order valence-corrected chi connectivity index (χ2v) is 6.51. The van der Waals surface area contributed by atoms with Gasteiger partial charge in [0, 0.05) is 5.54 Å². The number of nitrogens with zero attached hydrogens (tertiary/aromatic N) is 1. The van der Waals surface area contributed by atoms with Gasteiger partial charge in [-0.3, -0.25) is 9.69 Å². The van der Waals surface area contributed by atoms with Crippen LogP contribution in [-0.4, -0.2) is 40.8 Å². The van der Waals surface area contributed by atoms with E-state index in [1.165, 1.54) is 0 Å². The van der Waals surface area contributed by atoms with E-state index in [1.54, 1.807) is 0 Å². The molecule has 0 atom stereocenters. The lowest BCUT2D eigenvalue weighted by Gasteiger charge is -2.47. The predicted octanol–water partition coefficient (Wildman–Crippen LogP) is 3.83. The van der Waals surface area contributed by atoms with Gasteiger partial charge in [-0.1, -0.05) is 12.8 Å². The second kappa shape index (κ2) is 6.55. The summed E-state index contributed by atoms with van der Waals surface area (Å²) < 4.78 is 38.5. The normalized spacial score (nSPS) is 32.6. The van der Waals surface area contributed by atoms with Gasteiger partial charge in [0.2, 0.25) is 0 Å². The maximum atomic E-state index is 12.8. The van der Waals surface area contributed by atoms with Crippen molar-refractivity contribution in [1.29, 1.82) is 0 Å². The Morgan fingerprint density at radius 2 is 1.62 bits per heavy atom. The molecule has 0 aromatic heterocycles. The highest BCUT2D eigenvalue weighted by atomic mass is 19.4. The fourth-order valence-electron chi connectivity index (χ4n) is 3.91. The van der Waals surface area contributed by atoms with E-state index in [2.05, 4.69) is 4.90 Å². The molecule has 1 N–H and O–H groups in total. The van der Waals surface area contributed by atoms with Gasteiger partial charge < -0.3 is 5.11 Å². The van der Waals surface area contributed by atoms with Crippen molar-refractivity contribution in [1.82, 2.24) is 4.90 Å². The predicted molar refractivity (Wildman–Crippen MR) is 73.0 cm³/mol. The Hall–Kier alpha value is -0.780. The number of carboxylic acids is 1. The summed E-state index contributed by atoms with van der Waals surface area (Å²) in [5.74, 6) is -2.16. The van der Waals surface area contributed by atoms with Crippen molar-refractivity contribution in [2.24, 2.45) is 5.92 Å². The monoisotopic (exact) mass is 307 g/mol. The van der Waals surface area contributed by atoms with Gasteiger partial charge in [-0.25, -0.2) is 0 Å². The molecule has 0 spiro atoms. The average Bonchev–Trinajstić information content (AvgIpc) is 2.66. The molecule has 21 heavy (non-hydrogen) atoms. The van der Waals surface area contributed by atoms with E-state index in [9.17, 15) is 23.1 Å². The lowest BCUT2D eigenvalue weighted by atomic mass is 9.73. The van der Waals surface area contributed by atoms with Crippen LogP contribution in [0.15, 0.2) is 0 Å².